The molecule has 0 atom stereocenters. The molecular weight excluding hydrogens is 188 g/mol. The number of hydrogen-bond donors (Lipinski definition) is 0. The van der Waals surface area contributed by atoms with Crippen molar-refractivity contribution in [3.05, 3.63) is 0 Å². The van der Waals surface area contributed by atoms with E-state index in [-0.39, 0.29) is 5.90 Å². The molecule has 0 radical (unpaired) electrons. The van der Waals surface area contributed by atoms with Crippen LogP contribution in [0.5, 0.6) is 0 Å². The van der Waals surface area contributed by atoms with Crippen molar-refractivity contribution in [2.45, 2.75) is 40.5 Å². The highest BCUT2D eigenvalue weighted by Gasteiger charge is 2.16. The summed E-state index contributed by atoms with van der Waals surface area (Å²) in [5, 5.41) is 10.1. The fourth-order valence-corrected chi connectivity index (χ4v) is 1.85. The molecule has 0 fully saturated rings. The molecule has 0 spiro atoms. The second-order valence-electron chi connectivity index (χ2n) is 3.99. The van der Waals surface area contributed by atoms with Gasteiger partial charge in [0, 0.05) is 6.54 Å². The van der Waals surface area contributed by atoms with Crippen molar-refractivity contribution in [2.24, 2.45) is 4.99 Å². The molecule has 3 heteroatoms. The summed E-state index contributed by atoms with van der Waals surface area (Å²) in [7, 11) is 0. The molecule has 3 nitrogen and oxygen atoms in total. The van der Waals surface area contributed by atoms with E-state index in [4.69, 9.17) is 0 Å². The Morgan fingerprint density at radius 2 is 1.53 bits per heavy atom. The molecule has 0 aromatic rings. The molecule has 1 aliphatic heterocycles. The van der Waals surface area contributed by atoms with Gasteiger partial charge in [0.15, 0.2) is 0 Å². The summed E-state index contributed by atoms with van der Waals surface area (Å²) < 4.78 is 1.28. The molecular formula is C12H26N2O. The van der Waals surface area contributed by atoms with Crippen LogP contribution in [0.25, 0.3) is 0 Å². The summed E-state index contributed by atoms with van der Waals surface area (Å²) in [4.78, 5) is 3.60. The number of quaternary nitrogens is 1. The summed E-state index contributed by atoms with van der Waals surface area (Å²) in [5.74, 6) is 0.0787. The van der Waals surface area contributed by atoms with Crippen molar-refractivity contribution in [2.75, 3.05) is 32.7 Å². The summed E-state index contributed by atoms with van der Waals surface area (Å²) in [6, 6.07) is 0. The Kier molecular flexibility index (Phi) is 7.39. The van der Waals surface area contributed by atoms with Gasteiger partial charge < -0.3 is 14.6 Å². The van der Waals surface area contributed by atoms with Gasteiger partial charge >= 0.3 is 0 Å². The SMILES string of the molecule is CC[N+](CC)(CC)CC.[O-]C1=NCCC1. The molecule has 0 N–H and O–H groups in total. The Morgan fingerprint density at radius 3 is 1.60 bits per heavy atom. The Morgan fingerprint density at radius 1 is 1.07 bits per heavy atom. The molecule has 1 heterocycles. The normalized spacial score (nSPS) is 15.6. The first-order valence-electron chi connectivity index (χ1n) is 6.19. The lowest BCUT2D eigenvalue weighted by atomic mass is 10.3. The quantitative estimate of drug-likeness (QED) is 0.652. The third-order valence-corrected chi connectivity index (χ3v) is 3.52. The molecule has 0 saturated heterocycles. The van der Waals surface area contributed by atoms with Gasteiger partial charge in [-0.05, 0) is 46.4 Å². The van der Waals surface area contributed by atoms with Crippen LogP contribution in [-0.4, -0.2) is 43.1 Å². The van der Waals surface area contributed by atoms with Crippen LogP contribution in [0, 0.1) is 0 Å². The topological polar surface area (TPSA) is 35.4 Å². The molecule has 0 aromatic heterocycles. The van der Waals surface area contributed by atoms with Gasteiger partial charge in [0.25, 0.3) is 0 Å². The molecule has 1 rings (SSSR count). The Hall–Kier alpha value is -0.570. The second-order valence-corrected chi connectivity index (χ2v) is 3.99. The van der Waals surface area contributed by atoms with Gasteiger partial charge in [-0.3, -0.25) is 0 Å². The highest BCUT2D eigenvalue weighted by molar-refractivity contribution is 5.72. The van der Waals surface area contributed by atoms with Crippen LogP contribution in [0.3, 0.4) is 0 Å². The smallest absolute Gasteiger partial charge is 0.0757 e. The summed E-state index contributed by atoms with van der Waals surface area (Å²) in [5.41, 5.74) is 0. The Balaban J connectivity index is 0.000000280. The average molecular weight is 214 g/mol. The first-order chi connectivity index (χ1) is 7.14. The summed E-state index contributed by atoms with van der Waals surface area (Å²) in [6.07, 6.45) is 1.65. The van der Waals surface area contributed by atoms with Crippen molar-refractivity contribution in [1.82, 2.24) is 0 Å². The number of aliphatic imine (C=N–C) groups is 1. The molecule has 0 unspecified atom stereocenters. The number of hydrogen-bond acceptors (Lipinski definition) is 2. The molecule has 0 bridgehead atoms. The largest absolute Gasteiger partial charge is 0.862 e. The van der Waals surface area contributed by atoms with E-state index in [0.717, 1.165) is 13.0 Å². The zero-order chi connectivity index (χ0) is 11.7. The molecule has 0 aliphatic carbocycles. The van der Waals surface area contributed by atoms with E-state index in [9.17, 15) is 5.11 Å². The van der Waals surface area contributed by atoms with Crippen LogP contribution in [0.1, 0.15) is 40.5 Å². The fourth-order valence-electron chi connectivity index (χ4n) is 1.85. The Labute approximate surface area is 94.4 Å². The second kappa shape index (κ2) is 7.69. The van der Waals surface area contributed by atoms with E-state index in [1.807, 2.05) is 0 Å². The van der Waals surface area contributed by atoms with Crippen molar-refractivity contribution in [3.63, 3.8) is 0 Å². The van der Waals surface area contributed by atoms with Crippen LogP contribution in [-0.2, 0) is 0 Å². The van der Waals surface area contributed by atoms with Crippen LogP contribution < -0.4 is 5.11 Å². The monoisotopic (exact) mass is 214 g/mol. The van der Waals surface area contributed by atoms with Gasteiger partial charge in [-0.15, -0.1) is 0 Å². The summed E-state index contributed by atoms with van der Waals surface area (Å²) >= 11 is 0. The van der Waals surface area contributed by atoms with Gasteiger partial charge in [-0.1, -0.05) is 0 Å². The molecule has 0 aromatic carbocycles. The lowest BCUT2D eigenvalue weighted by Gasteiger charge is -2.34. The van der Waals surface area contributed by atoms with Gasteiger partial charge in [-0.2, -0.15) is 0 Å². The van der Waals surface area contributed by atoms with Crippen molar-refractivity contribution in [3.8, 4) is 0 Å². The first kappa shape index (κ1) is 14.4. The van der Waals surface area contributed by atoms with Crippen molar-refractivity contribution in [1.29, 1.82) is 0 Å². The predicted octanol–water partition coefficient (Wildman–Crippen LogP) is 1.42. The minimum atomic E-state index is 0.0787. The maximum atomic E-state index is 10.1. The maximum Gasteiger partial charge on any atom is 0.0757 e. The fraction of sp³-hybridized carbons (Fsp3) is 0.917. The minimum absolute atomic E-state index is 0.0787. The van der Waals surface area contributed by atoms with Crippen LogP contribution >= 0.6 is 0 Å². The molecule has 1 aliphatic rings. The van der Waals surface area contributed by atoms with E-state index < -0.39 is 0 Å². The van der Waals surface area contributed by atoms with E-state index in [1.54, 1.807) is 0 Å². The highest BCUT2D eigenvalue weighted by atomic mass is 16.3. The summed E-state index contributed by atoms with van der Waals surface area (Å²) in [6.45, 7) is 15.0. The standard InChI is InChI=1S/C8H20N.C4H7NO/c1-5-9(6-2,7-3)8-4;6-4-2-1-3-5-4/h5-8H2,1-4H3;1-3H2,(H,5,6)/q+1;/p-1. The van der Waals surface area contributed by atoms with E-state index in [0.29, 0.717) is 6.42 Å². The highest BCUT2D eigenvalue weighted by Crippen LogP contribution is 2.03. The lowest BCUT2D eigenvalue weighted by Crippen LogP contribution is -2.47. The zero-order valence-corrected chi connectivity index (χ0v) is 10.8. The molecule has 0 saturated carbocycles. The third-order valence-electron chi connectivity index (χ3n) is 3.52. The van der Waals surface area contributed by atoms with E-state index in [1.165, 1.54) is 30.7 Å². The maximum absolute atomic E-state index is 10.1. The van der Waals surface area contributed by atoms with E-state index >= 15 is 0 Å². The Bertz CT molecular complexity index is 169. The zero-order valence-electron chi connectivity index (χ0n) is 10.8. The predicted molar refractivity (Wildman–Crippen MR) is 64.0 cm³/mol. The molecule has 15 heavy (non-hydrogen) atoms. The van der Waals surface area contributed by atoms with Gasteiger partial charge in [-0.25, -0.2) is 0 Å². The third kappa shape index (κ3) is 5.17. The number of nitrogens with zero attached hydrogens (tertiary/aromatic N) is 2. The molecule has 90 valence electrons. The van der Waals surface area contributed by atoms with Crippen LogP contribution in [0.15, 0.2) is 4.99 Å². The molecule has 0 amide bonds. The minimum Gasteiger partial charge on any atom is -0.862 e. The van der Waals surface area contributed by atoms with Crippen molar-refractivity contribution >= 4 is 5.90 Å². The van der Waals surface area contributed by atoms with Gasteiger partial charge in [0.2, 0.25) is 0 Å². The first-order valence-corrected chi connectivity index (χ1v) is 6.19. The number of rotatable bonds is 4. The van der Waals surface area contributed by atoms with Crippen LogP contribution in [0.2, 0.25) is 0 Å². The lowest BCUT2D eigenvalue weighted by molar-refractivity contribution is -0.921. The average Bonchev–Trinajstić information content (AvgIpc) is 2.74. The van der Waals surface area contributed by atoms with Gasteiger partial charge in [0.1, 0.15) is 0 Å². The van der Waals surface area contributed by atoms with E-state index in [2.05, 4.69) is 32.7 Å². The van der Waals surface area contributed by atoms with Crippen LogP contribution in [0.4, 0.5) is 0 Å². The van der Waals surface area contributed by atoms with Gasteiger partial charge in [0.05, 0.1) is 26.2 Å². The van der Waals surface area contributed by atoms with Crippen molar-refractivity contribution < 1.29 is 9.59 Å².